The number of benzene rings is 1. The van der Waals surface area contributed by atoms with E-state index in [-0.39, 0.29) is 5.82 Å². The third-order valence-electron chi connectivity index (χ3n) is 4.77. The van der Waals surface area contributed by atoms with Crippen molar-refractivity contribution in [3.05, 3.63) is 66.0 Å². The van der Waals surface area contributed by atoms with Gasteiger partial charge in [0.05, 0.1) is 30.2 Å². The predicted molar refractivity (Wildman–Crippen MR) is 117 cm³/mol. The standard InChI is InChI=1S/C21H14F3N7O2S/c1-32-12-2-4-15-14(8-12)19(28-11-27-15)31(17-9-25-6-7-26-17)10-13-3-5-16(34-13)18-29-20(33-30-18)21(22,23)24/h2-9,11H,10H2,1H3. The second-order valence-corrected chi connectivity index (χ2v) is 8.09. The van der Waals surface area contributed by atoms with Crippen LogP contribution in [-0.2, 0) is 12.7 Å². The van der Waals surface area contributed by atoms with Gasteiger partial charge in [0.2, 0.25) is 5.82 Å². The molecule has 0 N–H and O–H groups in total. The molecule has 1 aromatic carbocycles. The lowest BCUT2D eigenvalue weighted by atomic mass is 10.2. The molecule has 0 saturated carbocycles. The van der Waals surface area contributed by atoms with Gasteiger partial charge >= 0.3 is 12.1 Å². The van der Waals surface area contributed by atoms with Gasteiger partial charge in [-0.1, -0.05) is 5.16 Å². The largest absolute Gasteiger partial charge is 0.497 e. The molecule has 172 valence electrons. The van der Waals surface area contributed by atoms with Gasteiger partial charge in [-0.3, -0.25) is 4.98 Å². The van der Waals surface area contributed by atoms with E-state index < -0.39 is 12.1 Å². The number of halogens is 3. The quantitative estimate of drug-likeness (QED) is 0.332. The number of anilines is 2. The molecule has 0 saturated heterocycles. The van der Waals surface area contributed by atoms with Gasteiger partial charge in [-0.25, -0.2) is 15.0 Å². The molecule has 4 heterocycles. The highest BCUT2D eigenvalue weighted by molar-refractivity contribution is 7.15. The Bertz CT molecular complexity index is 1440. The Morgan fingerprint density at radius 2 is 1.97 bits per heavy atom. The summed E-state index contributed by atoms with van der Waals surface area (Å²) in [4.78, 5) is 23.9. The normalized spacial score (nSPS) is 11.6. The second kappa shape index (κ2) is 8.67. The Morgan fingerprint density at radius 1 is 1.09 bits per heavy atom. The zero-order valence-corrected chi connectivity index (χ0v) is 18.2. The number of ether oxygens (including phenoxy) is 1. The van der Waals surface area contributed by atoms with Crippen LogP contribution in [0.25, 0.3) is 21.6 Å². The summed E-state index contributed by atoms with van der Waals surface area (Å²) in [6.45, 7) is 0.302. The Kier molecular flexibility index (Phi) is 5.53. The number of rotatable bonds is 6. The highest BCUT2D eigenvalue weighted by atomic mass is 32.1. The third-order valence-corrected chi connectivity index (χ3v) is 5.83. The SMILES string of the molecule is COc1ccc2ncnc(N(Cc3ccc(-c4noc(C(F)(F)F)n4)s3)c3cnccn3)c2c1. The van der Waals surface area contributed by atoms with Crippen molar-refractivity contribution in [1.82, 2.24) is 30.1 Å². The maximum absolute atomic E-state index is 12.8. The average Bonchev–Trinajstić information content (AvgIpc) is 3.52. The molecule has 0 amide bonds. The third kappa shape index (κ3) is 4.24. The lowest BCUT2D eigenvalue weighted by Crippen LogP contribution is -2.19. The van der Waals surface area contributed by atoms with Crippen LogP contribution in [-0.4, -0.2) is 37.2 Å². The zero-order chi connectivity index (χ0) is 23.7. The van der Waals surface area contributed by atoms with Gasteiger partial charge in [0.25, 0.3) is 0 Å². The number of hydrogen-bond donors (Lipinski definition) is 0. The minimum atomic E-state index is -4.71. The number of thiophene rings is 1. The van der Waals surface area contributed by atoms with E-state index in [1.54, 1.807) is 43.9 Å². The number of fused-ring (bicyclic) bond motifs is 1. The topological polar surface area (TPSA) is 103 Å². The molecule has 9 nitrogen and oxygen atoms in total. The van der Waals surface area contributed by atoms with E-state index >= 15 is 0 Å². The molecule has 0 bridgehead atoms. The molecule has 0 fully saturated rings. The first-order chi connectivity index (χ1) is 16.4. The van der Waals surface area contributed by atoms with Gasteiger partial charge in [0, 0.05) is 22.7 Å². The number of alkyl halides is 3. The highest BCUT2D eigenvalue weighted by Crippen LogP contribution is 2.35. The van der Waals surface area contributed by atoms with Gasteiger partial charge in [0.15, 0.2) is 5.82 Å². The smallest absolute Gasteiger partial charge is 0.471 e. The van der Waals surface area contributed by atoms with Crippen LogP contribution in [0.3, 0.4) is 0 Å². The van der Waals surface area contributed by atoms with Crippen molar-refractivity contribution in [2.45, 2.75) is 12.7 Å². The Balaban J connectivity index is 1.53. The van der Waals surface area contributed by atoms with Crippen molar-refractivity contribution in [3.63, 3.8) is 0 Å². The summed E-state index contributed by atoms with van der Waals surface area (Å²) >= 11 is 1.23. The molecule has 0 spiro atoms. The van der Waals surface area contributed by atoms with E-state index in [1.165, 1.54) is 17.7 Å². The molecule has 5 rings (SSSR count). The summed E-state index contributed by atoms with van der Waals surface area (Å²) < 4.78 is 48.2. The molecule has 4 aromatic heterocycles. The molecule has 34 heavy (non-hydrogen) atoms. The Labute approximate surface area is 193 Å². The van der Waals surface area contributed by atoms with Crippen LogP contribution in [0.1, 0.15) is 10.8 Å². The number of methoxy groups -OCH3 is 1. The summed E-state index contributed by atoms with van der Waals surface area (Å²) in [5.74, 6) is 0.211. The van der Waals surface area contributed by atoms with Crippen molar-refractivity contribution in [3.8, 4) is 16.5 Å². The molecule has 0 radical (unpaired) electrons. The van der Waals surface area contributed by atoms with Gasteiger partial charge in [-0.05, 0) is 30.3 Å². The molecule has 5 aromatic rings. The van der Waals surface area contributed by atoms with Crippen molar-refractivity contribution >= 4 is 33.9 Å². The van der Waals surface area contributed by atoms with Crippen LogP contribution in [0.2, 0.25) is 0 Å². The Hall–Kier alpha value is -4.13. The fourth-order valence-electron chi connectivity index (χ4n) is 3.24. The maximum Gasteiger partial charge on any atom is 0.471 e. The van der Waals surface area contributed by atoms with Crippen LogP contribution >= 0.6 is 11.3 Å². The van der Waals surface area contributed by atoms with E-state index in [0.717, 1.165) is 10.3 Å². The monoisotopic (exact) mass is 485 g/mol. The lowest BCUT2D eigenvalue weighted by molar-refractivity contribution is -0.159. The fourth-order valence-corrected chi connectivity index (χ4v) is 4.16. The first-order valence-corrected chi connectivity index (χ1v) is 10.6. The van der Waals surface area contributed by atoms with Crippen molar-refractivity contribution in [2.24, 2.45) is 0 Å². The second-order valence-electron chi connectivity index (χ2n) is 6.92. The molecule has 0 atom stereocenters. The first-order valence-electron chi connectivity index (χ1n) is 9.74. The minimum Gasteiger partial charge on any atom is -0.497 e. The lowest BCUT2D eigenvalue weighted by Gasteiger charge is -2.23. The van der Waals surface area contributed by atoms with E-state index in [9.17, 15) is 13.2 Å². The van der Waals surface area contributed by atoms with Crippen molar-refractivity contribution < 1.29 is 22.4 Å². The molecule has 0 aliphatic heterocycles. The molecule has 0 aliphatic rings. The molecule has 13 heteroatoms. The minimum absolute atomic E-state index is 0.133. The number of nitrogens with zero attached hydrogens (tertiary/aromatic N) is 7. The first kappa shape index (κ1) is 21.7. The summed E-state index contributed by atoms with van der Waals surface area (Å²) in [5, 5.41) is 4.19. The molecule has 0 aliphatic carbocycles. The van der Waals surface area contributed by atoms with Crippen LogP contribution in [0.5, 0.6) is 5.75 Å². The van der Waals surface area contributed by atoms with E-state index in [0.29, 0.717) is 34.3 Å². The summed E-state index contributed by atoms with van der Waals surface area (Å²) in [6.07, 6.45) is 1.46. The van der Waals surface area contributed by atoms with Crippen LogP contribution in [0.15, 0.2) is 59.8 Å². The Morgan fingerprint density at radius 3 is 2.71 bits per heavy atom. The van der Waals surface area contributed by atoms with Gasteiger partial charge in [0.1, 0.15) is 17.9 Å². The summed E-state index contributed by atoms with van der Waals surface area (Å²) in [5.41, 5.74) is 0.707. The molecular weight excluding hydrogens is 471 g/mol. The van der Waals surface area contributed by atoms with Crippen LogP contribution in [0, 0.1) is 0 Å². The molecule has 0 unspecified atom stereocenters. The zero-order valence-electron chi connectivity index (χ0n) is 17.4. The summed E-state index contributed by atoms with van der Waals surface area (Å²) in [7, 11) is 1.57. The van der Waals surface area contributed by atoms with E-state index in [4.69, 9.17) is 4.74 Å². The molecular formula is C21H14F3N7O2S. The highest BCUT2D eigenvalue weighted by Gasteiger charge is 2.38. The fraction of sp³-hybridized carbons (Fsp3) is 0.143. The van der Waals surface area contributed by atoms with E-state index in [2.05, 4.69) is 34.6 Å². The van der Waals surface area contributed by atoms with E-state index in [1.807, 2.05) is 17.0 Å². The van der Waals surface area contributed by atoms with Crippen LogP contribution in [0.4, 0.5) is 24.8 Å². The van der Waals surface area contributed by atoms with Crippen LogP contribution < -0.4 is 9.64 Å². The van der Waals surface area contributed by atoms with Crippen molar-refractivity contribution in [2.75, 3.05) is 12.0 Å². The maximum atomic E-state index is 12.8. The van der Waals surface area contributed by atoms with Gasteiger partial charge in [-0.2, -0.15) is 18.2 Å². The number of aromatic nitrogens is 6. The van der Waals surface area contributed by atoms with Crippen molar-refractivity contribution in [1.29, 1.82) is 0 Å². The summed E-state index contributed by atoms with van der Waals surface area (Å²) in [6, 6.07) is 8.87. The number of hydrogen-bond acceptors (Lipinski definition) is 10. The van der Waals surface area contributed by atoms with Gasteiger partial charge in [-0.15, -0.1) is 11.3 Å². The average molecular weight is 485 g/mol. The predicted octanol–water partition coefficient (Wildman–Crippen LogP) is 4.90. The van der Waals surface area contributed by atoms with Gasteiger partial charge < -0.3 is 14.2 Å².